The van der Waals surface area contributed by atoms with Crippen LogP contribution < -0.4 is 10.5 Å². The number of para-hydroxylation sites is 1. The van der Waals surface area contributed by atoms with Gasteiger partial charge in [-0.05, 0) is 49.1 Å². The zero-order valence-corrected chi connectivity index (χ0v) is 11.4. The van der Waals surface area contributed by atoms with Crippen LogP contribution in [0.2, 0.25) is 0 Å². The van der Waals surface area contributed by atoms with E-state index in [-0.39, 0.29) is 5.78 Å². The third-order valence-corrected chi connectivity index (χ3v) is 4.92. The van der Waals surface area contributed by atoms with Crippen LogP contribution >= 0.6 is 0 Å². The molecule has 3 rings (SSSR count). The zero-order chi connectivity index (χ0) is 13.4. The predicted molar refractivity (Wildman–Crippen MR) is 75.3 cm³/mol. The number of anilines is 1. The molecule has 0 heterocycles. The summed E-state index contributed by atoms with van der Waals surface area (Å²) in [5.74, 6) is 3.01. The van der Waals surface area contributed by atoms with Crippen molar-refractivity contribution < 1.29 is 9.53 Å². The molecular formula is C16H21NO2. The molecule has 2 N–H and O–H groups in total. The minimum Gasteiger partial charge on any atom is -0.495 e. The molecule has 0 aromatic heterocycles. The van der Waals surface area contributed by atoms with Crippen molar-refractivity contribution in [3.63, 3.8) is 0 Å². The molecule has 2 fully saturated rings. The van der Waals surface area contributed by atoms with Gasteiger partial charge in [0, 0.05) is 12.0 Å². The van der Waals surface area contributed by atoms with Crippen molar-refractivity contribution in [2.45, 2.75) is 32.1 Å². The van der Waals surface area contributed by atoms with Gasteiger partial charge in [0.25, 0.3) is 0 Å². The van der Waals surface area contributed by atoms with Gasteiger partial charge in [-0.15, -0.1) is 0 Å². The summed E-state index contributed by atoms with van der Waals surface area (Å²) in [5.41, 5.74) is 7.11. The average molecular weight is 259 g/mol. The highest BCUT2D eigenvalue weighted by molar-refractivity contribution is 6.02. The molecule has 0 saturated heterocycles. The molecule has 2 bridgehead atoms. The van der Waals surface area contributed by atoms with Gasteiger partial charge in [-0.2, -0.15) is 0 Å². The van der Waals surface area contributed by atoms with Gasteiger partial charge in [0.05, 0.1) is 12.8 Å². The number of Topliss-reactive ketones (excluding diaryl/α,β-unsaturated/α-hetero) is 1. The van der Waals surface area contributed by atoms with Gasteiger partial charge in [0.15, 0.2) is 5.78 Å². The first-order valence-corrected chi connectivity index (χ1v) is 7.14. The standard InChI is InChI=1S/C16H21NO2/c1-19-15-4-2-3-13(16(15)17)14(18)9-12-8-10-5-6-11(12)7-10/h2-4,10-12H,5-9,17H2,1H3. The smallest absolute Gasteiger partial charge is 0.165 e. The van der Waals surface area contributed by atoms with Crippen LogP contribution in [0.3, 0.4) is 0 Å². The van der Waals surface area contributed by atoms with Crippen LogP contribution in [-0.2, 0) is 0 Å². The largest absolute Gasteiger partial charge is 0.495 e. The molecule has 0 amide bonds. The highest BCUT2D eigenvalue weighted by Gasteiger charge is 2.40. The van der Waals surface area contributed by atoms with E-state index in [0.717, 1.165) is 11.8 Å². The number of carbonyl (C=O) groups is 1. The Balaban J connectivity index is 1.74. The summed E-state index contributed by atoms with van der Waals surface area (Å²) in [5, 5.41) is 0. The maximum Gasteiger partial charge on any atom is 0.165 e. The third kappa shape index (κ3) is 2.22. The molecule has 3 nitrogen and oxygen atoms in total. The summed E-state index contributed by atoms with van der Waals surface area (Å²) < 4.78 is 5.18. The minimum absolute atomic E-state index is 0.175. The quantitative estimate of drug-likeness (QED) is 0.667. The van der Waals surface area contributed by atoms with Crippen molar-refractivity contribution in [1.82, 2.24) is 0 Å². The van der Waals surface area contributed by atoms with Crippen molar-refractivity contribution in [1.29, 1.82) is 0 Å². The number of nitrogens with two attached hydrogens (primary N) is 1. The molecule has 19 heavy (non-hydrogen) atoms. The van der Waals surface area contributed by atoms with Crippen LogP contribution in [0.15, 0.2) is 18.2 Å². The molecule has 0 aliphatic heterocycles. The molecule has 2 aliphatic rings. The monoisotopic (exact) mass is 259 g/mol. The lowest BCUT2D eigenvalue weighted by atomic mass is 9.84. The third-order valence-electron chi connectivity index (χ3n) is 4.92. The van der Waals surface area contributed by atoms with E-state index in [1.54, 1.807) is 13.2 Å². The summed E-state index contributed by atoms with van der Waals surface area (Å²) >= 11 is 0. The summed E-state index contributed by atoms with van der Waals surface area (Å²) in [4.78, 5) is 12.4. The van der Waals surface area contributed by atoms with Crippen molar-refractivity contribution in [2.75, 3.05) is 12.8 Å². The number of benzene rings is 1. The van der Waals surface area contributed by atoms with E-state index in [2.05, 4.69) is 0 Å². The lowest BCUT2D eigenvalue weighted by Gasteiger charge is -2.21. The second kappa shape index (κ2) is 4.87. The molecule has 2 aliphatic carbocycles. The second-order valence-corrected chi connectivity index (χ2v) is 5.98. The van der Waals surface area contributed by atoms with E-state index >= 15 is 0 Å². The second-order valence-electron chi connectivity index (χ2n) is 5.98. The number of fused-ring (bicyclic) bond motifs is 2. The van der Waals surface area contributed by atoms with Gasteiger partial charge in [0.1, 0.15) is 5.75 Å². The fourth-order valence-electron chi connectivity index (χ4n) is 3.94. The number of ether oxygens (including phenoxy) is 1. The Morgan fingerprint density at radius 2 is 2.21 bits per heavy atom. The number of ketones is 1. The zero-order valence-electron chi connectivity index (χ0n) is 11.4. The lowest BCUT2D eigenvalue weighted by molar-refractivity contribution is 0.0945. The van der Waals surface area contributed by atoms with Gasteiger partial charge in [-0.1, -0.05) is 12.5 Å². The van der Waals surface area contributed by atoms with Crippen molar-refractivity contribution in [2.24, 2.45) is 17.8 Å². The Kier molecular flexibility index (Phi) is 3.21. The van der Waals surface area contributed by atoms with Crippen LogP contribution in [0, 0.1) is 17.8 Å². The van der Waals surface area contributed by atoms with Gasteiger partial charge >= 0.3 is 0 Å². The molecule has 0 radical (unpaired) electrons. The lowest BCUT2D eigenvalue weighted by Crippen LogP contribution is -2.16. The fourth-order valence-corrected chi connectivity index (χ4v) is 3.94. The summed E-state index contributed by atoms with van der Waals surface area (Å²) in [7, 11) is 1.58. The predicted octanol–water partition coefficient (Wildman–Crippen LogP) is 3.29. The van der Waals surface area contributed by atoms with Gasteiger partial charge in [0.2, 0.25) is 0 Å². The Morgan fingerprint density at radius 3 is 2.84 bits per heavy atom. The molecule has 3 unspecified atom stereocenters. The first kappa shape index (κ1) is 12.5. The number of carbonyl (C=O) groups excluding carboxylic acids is 1. The van der Waals surface area contributed by atoms with Crippen molar-refractivity contribution in [3.05, 3.63) is 23.8 Å². The number of methoxy groups -OCH3 is 1. The van der Waals surface area contributed by atoms with Crippen LogP contribution in [0.5, 0.6) is 5.75 Å². The Labute approximate surface area is 114 Å². The van der Waals surface area contributed by atoms with E-state index in [1.807, 2.05) is 12.1 Å². The van der Waals surface area contributed by atoms with Crippen LogP contribution in [0.4, 0.5) is 5.69 Å². The highest BCUT2D eigenvalue weighted by Crippen LogP contribution is 2.50. The number of hydrogen-bond donors (Lipinski definition) is 1. The van der Waals surface area contributed by atoms with Gasteiger partial charge in [-0.25, -0.2) is 0 Å². The summed E-state index contributed by atoms with van der Waals surface area (Å²) in [6.45, 7) is 0. The molecule has 1 aromatic rings. The Morgan fingerprint density at radius 1 is 1.37 bits per heavy atom. The number of hydrogen-bond acceptors (Lipinski definition) is 3. The van der Waals surface area contributed by atoms with Gasteiger partial charge < -0.3 is 10.5 Å². The molecule has 2 saturated carbocycles. The summed E-state index contributed by atoms with van der Waals surface area (Å²) in [6, 6.07) is 5.44. The van der Waals surface area contributed by atoms with E-state index in [9.17, 15) is 4.79 Å². The van der Waals surface area contributed by atoms with E-state index in [0.29, 0.717) is 29.3 Å². The molecule has 0 spiro atoms. The fraction of sp³-hybridized carbons (Fsp3) is 0.562. The summed E-state index contributed by atoms with van der Waals surface area (Å²) in [6.07, 6.45) is 5.91. The first-order chi connectivity index (χ1) is 9.19. The van der Waals surface area contributed by atoms with Gasteiger partial charge in [-0.3, -0.25) is 4.79 Å². The highest BCUT2D eigenvalue weighted by atomic mass is 16.5. The molecular weight excluding hydrogens is 238 g/mol. The maximum atomic E-state index is 12.4. The van der Waals surface area contributed by atoms with E-state index in [4.69, 9.17) is 10.5 Å². The number of rotatable bonds is 4. The maximum absolute atomic E-state index is 12.4. The van der Waals surface area contributed by atoms with E-state index < -0.39 is 0 Å². The minimum atomic E-state index is 0.175. The number of nitrogen functional groups attached to an aromatic ring is 1. The van der Waals surface area contributed by atoms with Crippen LogP contribution in [0.25, 0.3) is 0 Å². The van der Waals surface area contributed by atoms with Crippen LogP contribution in [-0.4, -0.2) is 12.9 Å². The average Bonchev–Trinajstić information content (AvgIpc) is 3.01. The Bertz CT molecular complexity index is 498. The topological polar surface area (TPSA) is 52.3 Å². The molecule has 3 heteroatoms. The first-order valence-electron chi connectivity index (χ1n) is 7.14. The molecule has 102 valence electrons. The normalized spacial score (nSPS) is 28.6. The van der Waals surface area contributed by atoms with E-state index in [1.165, 1.54) is 25.7 Å². The SMILES string of the molecule is COc1cccc(C(=O)CC2CC3CCC2C3)c1N. The molecule has 3 atom stereocenters. The Hall–Kier alpha value is -1.51. The van der Waals surface area contributed by atoms with Crippen molar-refractivity contribution in [3.8, 4) is 5.75 Å². The van der Waals surface area contributed by atoms with Crippen molar-refractivity contribution >= 4 is 11.5 Å². The van der Waals surface area contributed by atoms with Crippen LogP contribution in [0.1, 0.15) is 42.5 Å². The molecule has 1 aromatic carbocycles.